The molecule has 0 N–H and O–H groups in total. The molecular weight excluding hydrogens is 424 g/mol. The number of hydrogen-bond acceptors (Lipinski definition) is 4. The lowest BCUT2D eigenvalue weighted by Crippen LogP contribution is -2.37. The molecule has 176 valence electrons. The SMILES string of the molecule is C=C(C)CC1(c2ccccc2)CCCN(C(C)c2ccc(-c3ccnc(OC)c3)cc2)C(=O)O1. The largest absolute Gasteiger partial charge is 0.481 e. The Bertz CT molecular complexity index is 1140. The van der Waals surface area contributed by atoms with Crippen LogP contribution in [0.2, 0.25) is 0 Å². The molecule has 1 aliphatic rings. The summed E-state index contributed by atoms with van der Waals surface area (Å²) in [4.78, 5) is 19.4. The van der Waals surface area contributed by atoms with Crippen molar-refractivity contribution in [3.05, 3.63) is 96.2 Å². The van der Waals surface area contributed by atoms with Gasteiger partial charge in [0.25, 0.3) is 0 Å². The Morgan fingerprint density at radius 1 is 1.15 bits per heavy atom. The van der Waals surface area contributed by atoms with Crippen LogP contribution in [-0.4, -0.2) is 29.6 Å². The second kappa shape index (κ2) is 10.1. The van der Waals surface area contributed by atoms with Crippen molar-refractivity contribution in [2.24, 2.45) is 0 Å². The van der Waals surface area contributed by atoms with Crippen LogP contribution in [0, 0.1) is 0 Å². The summed E-state index contributed by atoms with van der Waals surface area (Å²) in [7, 11) is 1.61. The molecule has 2 unspecified atom stereocenters. The van der Waals surface area contributed by atoms with Crippen molar-refractivity contribution >= 4 is 6.09 Å². The van der Waals surface area contributed by atoms with E-state index in [9.17, 15) is 4.79 Å². The van der Waals surface area contributed by atoms with E-state index in [1.54, 1.807) is 13.3 Å². The first kappa shape index (κ1) is 23.6. The zero-order valence-electron chi connectivity index (χ0n) is 20.2. The minimum atomic E-state index is -0.678. The monoisotopic (exact) mass is 456 g/mol. The van der Waals surface area contributed by atoms with Crippen molar-refractivity contribution in [1.29, 1.82) is 0 Å². The summed E-state index contributed by atoms with van der Waals surface area (Å²) in [6.07, 6.45) is 3.70. The highest BCUT2D eigenvalue weighted by molar-refractivity contribution is 5.70. The van der Waals surface area contributed by atoms with Gasteiger partial charge >= 0.3 is 6.09 Å². The second-order valence-corrected chi connectivity index (χ2v) is 9.04. The summed E-state index contributed by atoms with van der Waals surface area (Å²) in [6.45, 7) is 8.80. The van der Waals surface area contributed by atoms with Crippen molar-refractivity contribution in [3.8, 4) is 17.0 Å². The van der Waals surface area contributed by atoms with Crippen LogP contribution in [0.25, 0.3) is 11.1 Å². The van der Waals surface area contributed by atoms with Gasteiger partial charge in [-0.3, -0.25) is 0 Å². The molecule has 34 heavy (non-hydrogen) atoms. The van der Waals surface area contributed by atoms with E-state index in [4.69, 9.17) is 9.47 Å². The molecule has 1 amide bonds. The molecule has 1 aromatic heterocycles. The quantitative estimate of drug-likeness (QED) is 0.362. The van der Waals surface area contributed by atoms with Crippen LogP contribution in [0.15, 0.2) is 85.1 Å². The first-order valence-corrected chi connectivity index (χ1v) is 11.7. The summed E-state index contributed by atoms with van der Waals surface area (Å²) in [5.41, 5.74) is 4.52. The van der Waals surface area contributed by atoms with Gasteiger partial charge in [0.1, 0.15) is 5.60 Å². The van der Waals surface area contributed by atoms with E-state index >= 15 is 0 Å². The van der Waals surface area contributed by atoms with E-state index < -0.39 is 5.60 Å². The van der Waals surface area contributed by atoms with E-state index in [-0.39, 0.29) is 12.1 Å². The molecule has 0 radical (unpaired) electrons. The van der Waals surface area contributed by atoms with Gasteiger partial charge in [-0.15, -0.1) is 0 Å². The minimum Gasteiger partial charge on any atom is -0.481 e. The third-order valence-corrected chi connectivity index (χ3v) is 6.52. The smallest absolute Gasteiger partial charge is 0.411 e. The molecular formula is C29H32N2O3. The molecule has 0 spiro atoms. The molecule has 0 bridgehead atoms. The topological polar surface area (TPSA) is 51.7 Å². The number of rotatable bonds is 7. The highest BCUT2D eigenvalue weighted by atomic mass is 16.6. The van der Waals surface area contributed by atoms with E-state index in [0.29, 0.717) is 18.8 Å². The zero-order valence-corrected chi connectivity index (χ0v) is 20.2. The first-order chi connectivity index (χ1) is 16.4. The number of cyclic esters (lactones) is 1. The molecule has 2 heterocycles. The number of pyridine rings is 1. The maximum Gasteiger partial charge on any atom is 0.411 e. The number of methoxy groups -OCH3 is 1. The Balaban J connectivity index is 1.55. The lowest BCUT2D eigenvalue weighted by atomic mass is 9.84. The Kier molecular flexibility index (Phi) is 7.01. The Labute approximate surface area is 202 Å². The fourth-order valence-corrected chi connectivity index (χ4v) is 4.75. The van der Waals surface area contributed by atoms with Gasteiger partial charge in [0.05, 0.1) is 13.2 Å². The maximum absolute atomic E-state index is 13.4. The zero-order chi connectivity index (χ0) is 24.1. The van der Waals surface area contributed by atoms with Crippen LogP contribution in [0.3, 0.4) is 0 Å². The number of nitrogens with zero attached hydrogens (tertiary/aromatic N) is 2. The van der Waals surface area contributed by atoms with Crippen molar-refractivity contribution in [2.75, 3.05) is 13.7 Å². The molecule has 4 rings (SSSR count). The summed E-state index contributed by atoms with van der Waals surface area (Å²) in [6, 6.07) is 22.1. The van der Waals surface area contributed by atoms with Gasteiger partial charge in [-0.2, -0.15) is 0 Å². The molecule has 1 aliphatic heterocycles. The normalized spacial score (nSPS) is 19.1. The van der Waals surface area contributed by atoms with Gasteiger partial charge in [0, 0.05) is 25.2 Å². The number of ether oxygens (including phenoxy) is 2. The summed E-state index contributed by atoms with van der Waals surface area (Å²) < 4.78 is 11.5. The highest BCUT2D eigenvalue weighted by Gasteiger charge is 2.41. The second-order valence-electron chi connectivity index (χ2n) is 9.04. The molecule has 3 aromatic rings. The van der Waals surface area contributed by atoms with E-state index in [0.717, 1.165) is 40.7 Å². The number of benzene rings is 2. The average molecular weight is 457 g/mol. The third kappa shape index (κ3) is 4.98. The Morgan fingerprint density at radius 2 is 1.88 bits per heavy atom. The fourth-order valence-electron chi connectivity index (χ4n) is 4.75. The molecule has 0 saturated carbocycles. The third-order valence-electron chi connectivity index (χ3n) is 6.52. The van der Waals surface area contributed by atoms with E-state index in [2.05, 4.69) is 42.8 Å². The number of aromatic nitrogens is 1. The predicted octanol–water partition coefficient (Wildman–Crippen LogP) is 6.91. The Morgan fingerprint density at radius 3 is 2.56 bits per heavy atom. The fraction of sp³-hybridized carbons (Fsp3) is 0.310. The van der Waals surface area contributed by atoms with Crippen LogP contribution in [0.4, 0.5) is 4.79 Å². The highest BCUT2D eigenvalue weighted by Crippen LogP contribution is 2.40. The van der Waals surface area contributed by atoms with Crippen LogP contribution >= 0.6 is 0 Å². The van der Waals surface area contributed by atoms with Gasteiger partial charge in [-0.1, -0.05) is 66.7 Å². The van der Waals surface area contributed by atoms with Crippen LogP contribution in [-0.2, 0) is 10.3 Å². The number of hydrogen-bond donors (Lipinski definition) is 0. The molecule has 1 saturated heterocycles. The lowest BCUT2D eigenvalue weighted by Gasteiger charge is -2.34. The van der Waals surface area contributed by atoms with E-state index in [1.165, 1.54) is 0 Å². The molecule has 2 aromatic carbocycles. The Hall–Kier alpha value is -3.60. The maximum atomic E-state index is 13.4. The molecule has 2 atom stereocenters. The number of carbonyl (C=O) groups is 1. The van der Waals surface area contributed by atoms with Crippen LogP contribution < -0.4 is 4.74 Å². The van der Waals surface area contributed by atoms with Crippen LogP contribution in [0.5, 0.6) is 5.88 Å². The molecule has 5 nitrogen and oxygen atoms in total. The van der Waals surface area contributed by atoms with Crippen molar-refractivity contribution in [1.82, 2.24) is 9.88 Å². The average Bonchev–Trinajstić information content (AvgIpc) is 3.02. The van der Waals surface area contributed by atoms with Crippen LogP contribution in [0.1, 0.15) is 50.3 Å². The van der Waals surface area contributed by atoms with Gasteiger partial charge in [0.15, 0.2) is 0 Å². The van der Waals surface area contributed by atoms with Crippen molar-refractivity contribution in [3.63, 3.8) is 0 Å². The summed E-state index contributed by atoms with van der Waals surface area (Å²) >= 11 is 0. The molecule has 0 aliphatic carbocycles. The summed E-state index contributed by atoms with van der Waals surface area (Å²) in [5, 5.41) is 0. The standard InChI is InChI=1S/C29H32N2O3/c1-21(2)20-29(26-9-6-5-7-10-26)16-8-18-31(28(32)34-29)22(3)23-11-13-24(14-12-23)25-15-17-30-27(19-25)33-4/h5-7,9-15,17,19,22H,1,8,16,18,20H2,2-4H3. The number of amides is 1. The first-order valence-electron chi connectivity index (χ1n) is 11.7. The van der Waals surface area contributed by atoms with Gasteiger partial charge in [0.2, 0.25) is 5.88 Å². The molecule has 1 fully saturated rings. The minimum absolute atomic E-state index is 0.107. The lowest BCUT2D eigenvalue weighted by molar-refractivity contribution is -0.00803. The van der Waals surface area contributed by atoms with Gasteiger partial charge in [-0.25, -0.2) is 9.78 Å². The van der Waals surface area contributed by atoms with Crippen molar-refractivity contribution < 1.29 is 14.3 Å². The molecule has 5 heteroatoms. The van der Waals surface area contributed by atoms with E-state index in [1.807, 2.05) is 54.3 Å². The van der Waals surface area contributed by atoms with Gasteiger partial charge < -0.3 is 14.4 Å². The summed E-state index contributed by atoms with van der Waals surface area (Å²) in [5.74, 6) is 0.582. The van der Waals surface area contributed by atoms with Gasteiger partial charge in [-0.05, 0) is 55.0 Å². The predicted molar refractivity (Wildman–Crippen MR) is 135 cm³/mol. The number of carbonyl (C=O) groups excluding carboxylic acids is 1. The van der Waals surface area contributed by atoms with Crippen molar-refractivity contribution in [2.45, 2.75) is 44.8 Å².